The molecule has 19 heavy (non-hydrogen) atoms. The number of hydrogen-bond acceptors (Lipinski definition) is 4. The second kappa shape index (κ2) is 6.34. The number of ether oxygens (including phenoxy) is 1. The summed E-state index contributed by atoms with van der Waals surface area (Å²) in [5.74, 6) is -1.13. The van der Waals surface area contributed by atoms with E-state index in [1.54, 1.807) is 6.07 Å². The topological polar surface area (TPSA) is 75.6 Å². The molecule has 1 saturated heterocycles. The standard InChI is InChI=1S/C11H11Br2NO4S/c12-6-3-8(19-9(6)13)10(15)14-4-5-1-2-7(18-5)11(16)17/h3,5,7H,1-2,4H2,(H,14,15)(H,16,17). The average Bonchev–Trinajstić information content (AvgIpc) is 2.94. The SMILES string of the molecule is O=C(NCC1CCC(C(=O)O)O1)c1cc(Br)c(Br)s1. The van der Waals surface area contributed by atoms with Crippen LogP contribution in [0.5, 0.6) is 0 Å². The summed E-state index contributed by atoms with van der Waals surface area (Å²) in [6.07, 6.45) is 0.171. The second-order valence-corrected chi connectivity index (χ2v) is 7.33. The van der Waals surface area contributed by atoms with Gasteiger partial charge in [0.2, 0.25) is 0 Å². The molecule has 1 amide bonds. The van der Waals surface area contributed by atoms with Crippen molar-refractivity contribution in [1.82, 2.24) is 5.32 Å². The molecule has 2 atom stereocenters. The first-order valence-corrected chi connectivity index (χ1v) is 7.99. The Kier molecular flexibility index (Phi) is 4.99. The molecule has 0 bridgehead atoms. The first-order valence-electron chi connectivity index (χ1n) is 5.58. The van der Waals surface area contributed by atoms with Gasteiger partial charge >= 0.3 is 5.97 Å². The summed E-state index contributed by atoms with van der Waals surface area (Å²) < 4.78 is 7.01. The van der Waals surface area contributed by atoms with E-state index >= 15 is 0 Å². The van der Waals surface area contributed by atoms with E-state index in [9.17, 15) is 9.59 Å². The average molecular weight is 413 g/mol. The van der Waals surface area contributed by atoms with Crippen molar-refractivity contribution in [1.29, 1.82) is 0 Å². The van der Waals surface area contributed by atoms with Gasteiger partial charge < -0.3 is 15.2 Å². The zero-order valence-electron chi connectivity index (χ0n) is 9.69. The zero-order valence-corrected chi connectivity index (χ0v) is 13.7. The fourth-order valence-electron chi connectivity index (χ4n) is 1.79. The third-order valence-electron chi connectivity index (χ3n) is 2.74. The number of carboxylic acid groups (broad SMARTS) is 1. The molecule has 1 aliphatic rings. The lowest BCUT2D eigenvalue weighted by atomic mass is 10.2. The van der Waals surface area contributed by atoms with Crippen molar-refractivity contribution in [2.45, 2.75) is 25.0 Å². The van der Waals surface area contributed by atoms with E-state index in [2.05, 4.69) is 37.2 Å². The number of nitrogens with one attached hydrogen (secondary N) is 1. The summed E-state index contributed by atoms with van der Waals surface area (Å²) in [4.78, 5) is 23.2. The van der Waals surface area contributed by atoms with Crippen molar-refractivity contribution in [2.24, 2.45) is 0 Å². The fraction of sp³-hybridized carbons (Fsp3) is 0.455. The normalized spacial score (nSPS) is 22.4. The highest BCUT2D eigenvalue weighted by Gasteiger charge is 2.30. The van der Waals surface area contributed by atoms with Gasteiger partial charge in [0.1, 0.15) is 0 Å². The van der Waals surface area contributed by atoms with E-state index in [1.165, 1.54) is 11.3 Å². The van der Waals surface area contributed by atoms with Gasteiger partial charge in [-0.1, -0.05) is 0 Å². The van der Waals surface area contributed by atoms with Gasteiger partial charge in [-0.2, -0.15) is 0 Å². The molecule has 0 radical (unpaired) electrons. The van der Waals surface area contributed by atoms with Crippen LogP contribution in [0.25, 0.3) is 0 Å². The largest absolute Gasteiger partial charge is 0.479 e. The molecule has 1 aliphatic heterocycles. The number of carbonyl (C=O) groups excluding carboxylic acids is 1. The monoisotopic (exact) mass is 411 g/mol. The highest BCUT2D eigenvalue weighted by molar-refractivity contribution is 9.13. The number of halogens is 2. The Balaban J connectivity index is 1.83. The van der Waals surface area contributed by atoms with Crippen LogP contribution >= 0.6 is 43.2 Å². The molecular formula is C11H11Br2NO4S. The lowest BCUT2D eigenvalue weighted by molar-refractivity contribution is -0.149. The number of rotatable bonds is 4. The molecule has 5 nitrogen and oxygen atoms in total. The van der Waals surface area contributed by atoms with Crippen molar-refractivity contribution >= 4 is 55.1 Å². The molecule has 2 rings (SSSR count). The van der Waals surface area contributed by atoms with Crippen molar-refractivity contribution in [3.8, 4) is 0 Å². The van der Waals surface area contributed by atoms with E-state index in [0.717, 1.165) is 8.26 Å². The molecular weight excluding hydrogens is 402 g/mol. The lowest BCUT2D eigenvalue weighted by Crippen LogP contribution is -2.32. The minimum Gasteiger partial charge on any atom is -0.479 e. The smallest absolute Gasteiger partial charge is 0.332 e. The molecule has 0 spiro atoms. The number of aliphatic carboxylic acids is 1. The van der Waals surface area contributed by atoms with Gasteiger partial charge in [-0.05, 0) is 50.8 Å². The third-order valence-corrected chi connectivity index (χ3v) is 6.00. The summed E-state index contributed by atoms with van der Waals surface area (Å²) in [5.41, 5.74) is 0. The van der Waals surface area contributed by atoms with Gasteiger partial charge in [-0.15, -0.1) is 11.3 Å². The lowest BCUT2D eigenvalue weighted by Gasteiger charge is -2.11. The molecule has 104 valence electrons. The van der Waals surface area contributed by atoms with Crippen LogP contribution in [0.2, 0.25) is 0 Å². The minimum atomic E-state index is -0.944. The first-order chi connectivity index (χ1) is 8.97. The minimum absolute atomic E-state index is 0.182. The van der Waals surface area contributed by atoms with E-state index in [4.69, 9.17) is 9.84 Å². The summed E-state index contributed by atoms with van der Waals surface area (Å²) in [7, 11) is 0. The van der Waals surface area contributed by atoms with Crippen LogP contribution in [0.1, 0.15) is 22.5 Å². The number of carbonyl (C=O) groups is 2. The van der Waals surface area contributed by atoms with E-state index in [1.807, 2.05) is 0 Å². The van der Waals surface area contributed by atoms with E-state index in [0.29, 0.717) is 24.3 Å². The molecule has 1 aromatic heterocycles. The molecule has 2 heterocycles. The van der Waals surface area contributed by atoms with E-state index in [-0.39, 0.29) is 12.0 Å². The highest BCUT2D eigenvalue weighted by atomic mass is 79.9. The Bertz CT molecular complexity index is 485. The van der Waals surface area contributed by atoms with Crippen LogP contribution in [-0.4, -0.2) is 35.7 Å². The van der Waals surface area contributed by atoms with Crippen LogP contribution in [0.15, 0.2) is 14.3 Å². The molecule has 1 aromatic rings. The van der Waals surface area contributed by atoms with Crippen LogP contribution in [-0.2, 0) is 9.53 Å². The highest BCUT2D eigenvalue weighted by Crippen LogP contribution is 2.32. The number of hydrogen-bond donors (Lipinski definition) is 2. The van der Waals surface area contributed by atoms with Crippen molar-refractivity contribution in [3.05, 3.63) is 19.2 Å². The number of amides is 1. The maximum Gasteiger partial charge on any atom is 0.332 e. The van der Waals surface area contributed by atoms with Crippen molar-refractivity contribution in [3.63, 3.8) is 0 Å². The van der Waals surface area contributed by atoms with Gasteiger partial charge in [-0.25, -0.2) is 4.79 Å². The molecule has 2 unspecified atom stereocenters. The first kappa shape index (κ1) is 15.0. The Morgan fingerprint density at radius 1 is 1.47 bits per heavy atom. The van der Waals surface area contributed by atoms with Gasteiger partial charge in [0, 0.05) is 11.0 Å². The summed E-state index contributed by atoms with van der Waals surface area (Å²) in [6.45, 7) is 0.329. The Morgan fingerprint density at radius 2 is 2.21 bits per heavy atom. The number of thiophene rings is 1. The van der Waals surface area contributed by atoms with Crippen molar-refractivity contribution in [2.75, 3.05) is 6.54 Å². The summed E-state index contributed by atoms with van der Waals surface area (Å²) >= 11 is 7.98. The molecule has 0 saturated carbocycles. The molecule has 8 heteroatoms. The fourth-order valence-corrected chi connectivity index (χ4v) is 3.74. The van der Waals surface area contributed by atoms with Crippen LogP contribution in [0.4, 0.5) is 0 Å². The van der Waals surface area contributed by atoms with Gasteiger partial charge in [-0.3, -0.25) is 4.79 Å². The van der Waals surface area contributed by atoms with Crippen LogP contribution in [0, 0.1) is 0 Å². The summed E-state index contributed by atoms with van der Waals surface area (Å²) in [5, 5.41) is 11.6. The van der Waals surface area contributed by atoms with Crippen molar-refractivity contribution < 1.29 is 19.4 Å². The molecule has 2 N–H and O–H groups in total. The maximum absolute atomic E-state index is 11.9. The Hall–Kier alpha value is -0.440. The Morgan fingerprint density at radius 3 is 2.74 bits per heavy atom. The molecule has 0 aromatic carbocycles. The number of carboxylic acids is 1. The maximum atomic E-state index is 11.9. The Labute approximate surface area is 130 Å². The predicted octanol–water partition coefficient (Wildman–Crippen LogP) is 2.64. The molecule has 1 fully saturated rings. The summed E-state index contributed by atoms with van der Waals surface area (Å²) in [6, 6.07) is 1.74. The zero-order chi connectivity index (χ0) is 14.0. The van der Waals surface area contributed by atoms with Gasteiger partial charge in [0.15, 0.2) is 6.10 Å². The molecule has 0 aliphatic carbocycles. The predicted molar refractivity (Wildman–Crippen MR) is 77.6 cm³/mol. The quantitative estimate of drug-likeness (QED) is 0.796. The van der Waals surface area contributed by atoms with Gasteiger partial charge in [0.05, 0.1) is 14.8 Å². The third kappa shape index (κ3) is 3.77. The van der Waals surface area contributed by atoms with E-state index < -0.39 is 12.1 Å². The second-order valence-electron chi connectivity index (χ2n) is 4.10. The van der Waals surface area contributed by atoms with Crippen LogP contribution in [0.3, 0.4) is 0 Å². The van der Waals surface area contributed by atoms with Crippen LogP contribution < -0.4 is 5.32 Å². The van der Waals surface area contributed by atoms with Gasteiger partial charge in [0.25, 0.3) is 5.91 Å².